The number of carbonyl (C=O) groups is 1. The quantitative estimate of drug-likeness (QED) is 0.737. The summed E-state index contributed by atoms with van der Waals surface area (Å²) >= 11 is 0. The average Bonchev–Trinajstić information content (AvgIpc) is 3.09. The van der Waals surface area contributed by atoms with Gasteiger partial charge in [-0.25, -0.2) is 4.68 Å². The number of nitrogens with two attached hydrogens (primary N) is 1. The number of aliphatic hydroxyl groups excluding tert-OH is 1. The van der Waals surface area contributed by atoms with Crippen LogP contribution in [-0.4, -0.2) is 32.0 Å². The van der Waals surface area contributed by atoms with Crippen molar-refractivity contribution in [3.05, 3.63) is 47.3 Å². The van der Waals surface area contributed by atoms with Gasteiger partial charge in [-0.1, -0.05) is 30.2 Å². The van der Waals surface area contributed by atoms with Gasteiger partial charge in [0, 0.05) is 18.2 Å². The van der Waals surface area contributed by atoms with Crippen LogP contribution in [0.3, 0.4) is 0 Å². The largest absolute Gasteiger partial charge is 0.390 e. The summed E-state index contributed by atoms with van der Waals surface area (Å²) in [6, 6.07) is 7.89. The van der Waals surface area contributed by atoms with Gasteiger partial charge in [-0.15, -0.1) is 5.10 Å². The van der Waals surface area contributed by atoms with Gasteiger partial charge in [-0.2, -0.15) is 0 Å². The Labute approximate surface area is 140 Å². The lowest BCUT2D eigenvalue weighted by Gasteiger charge is -2.32. The molecule has 24 heavy (non-hydrogen) atoms. The lowest BCUT2D eigenvalue weighted by Crippen LogP contribution is -2.39. The van der Waals surface area contributed by atoms with E-state index in [0.717, 1.165) is 24.8 Å². The molecule has 0 saturated heterocycles. The highest BCUT2D eigenvalue weighted by atomic mass is 16.3. The summed E-state index contributed by atoms with van der Waals surface area (Å²) in [5, 5.41) is 20.9. The van der Waals surface area contributed by atoms with Crippen molar-refractivity contribution in [3.63, 3.8) is 0 Å². The second kappa shape index (κ2) is 7.55. The predicted octanol–water partition coefficient (Wildman–Crippen LogP) is 1.14. The molecule has 4 N–H and O–H groups in total. The van der Waals surface area contributed by atoms with Crippen molar-refractivity contribution in [2.45, 2.75) is 50.9 Å². The van der Waals surface area contributed by atoms with E-state index in [9.17, 15) is 4.79 Å². The Bertz CT molecular complexity index is 700. The highest BCUT2D eigenvalue weighted by Crippen LogP contribution is 2.28. The maximum Gasteiger partial charge on any atom is 0.248 e. The minimum Gasteiger partial charge on any atom is -0.390 e. The first-order valence-corrected chi connectivity index (χ1v) is 8.31. The molecule has 128 valence electrons. The smallest absolute Gasteiger partial charge is 0.248 e. The number of aromatic nitrogens is 3. The number of aliphatic hydroxyl groups is 1. The molecular formula is C17H23N5O2. The van der Waals surface area contributed by atoms with Gasteiger partial charge < -0.3 is 16.2 Å². The van der Waals surface area contributed by atoms with E-state index in [4.69, 9.17) is 10.8 Å². The maximum atomic E-state index is 11.3. The Morgan fingerprint density at radius 1 is 1.38 bits per heavy atom. The number of benzene rings is 1. The summed E-state index contributed by atoms with van der Waals surface area (Å²) in [6.45, 7) is 0.578. The lowest BCUT2D eigenvalue weighted by atomic mass is 9.90. The Morgan fingerprint density at radius 2 is 2.21 bits per heavy atom. The molecule has 1 saturated carbocycles. The van der Waals surface area contributed by atoms with Gasteiger partial charge in [-0.05, 0) is 30.5 Å². The molecule has 1 aliphatic rings. The first-order valence-electron chi connectivity index (χ1n) is 8.31. The highest BCUT2D eigenvalue weighted by molar-refractivity contribution is 5.92. The van der Waals surface area contributed by atoms with Crippen LogP contribution >= 0.6 is 0 Å². The number of carbonyl (C=O) groups excluding carboxylic acids is 1. The van der Waals surface area contributed by atoms with Gasteiger partial charge >= 0.3 is 0 Å². The number of primary amides is 1. The third kappa shape index (κ3) is 3.80. The molecule has 7 nitrogen and oxygen atoms in total. The van der Waals surface area contributed by atoms with Crippen LogP contribution in [-0.2, 0) is 13.2 Å². The molecule has 7 heteroatoms. The number of hydrogen-bond donors (Lipinski definition) is 3. The minimum atomic E-state index is -0.411. The number of rotatable bonds is 6. The second-order valence-electron chi connectivity index (χ2n) is 6.25. The van der Waals surface area contributed by atoms with Gasteiger partial charge in [0.05, 0.1) is 18.8 Å². The standard InChI is InChI=1S/C17H23N5O2/c18-17(24)13-5-3-4-12(8-13)9-19-15-6-1-2-7-16(15)22-10-14(11-23)20-21-22/h3-5,8,10,15-16,19,23H,1-2,6-7,9,11H2,(H2,18,24)/t15-,16+/m0/s1. The molecule has 2 aromatic rings. The number of hydrogen-bond acceptors (Lipinski definition) is 5. The van der Waals surface area contributed by atoms with E-state index in [0.29, 0.717) is 17.8 Å². The first-order chi connectivity index (χ1) is 11.7. The molecule has 0 unspecified atom stereocenters. The molecule has 2 atom stereocenters. The zero-order chi connectivity index (χ0) is 16.9. The van der Waals surface area contributed by atoms with E-state index >= 15 is 0 Å². The third-order valence-electron chi connectivity index (χ3n) is 4.57. The highest BCUT2D eigenvalue weighted by Gasteiger charge is 2.27. The summed E-state index contributed by atoms with van der Waals surface area (Å²) in [5.74, 6) is -0.411. The van der Waals surface area contributed by atoms with E-state index in [1.807, 2.05) is 29.1 Å². The monoisotopic (exact) mass is 329 g/mol. The minimum absolute atomic E-state index is 0.0925. The molecule has 0 spiro atoms. The second-order valence-corrected chi connectivity index (χ2v) is 6.25. The van der Waals surface area contributed by atoms with Crippen molar-refractivity contribution in [1.82, 2.24) is 20.3 Å². The molecule has 0 bridgehead atoms. The summed E-state index contributed by atoms with van der Waals surface area (Å²) in [4.78, 5) is 11.3. The molecule has 1 aliphatic carbocycles. The molecule has 3 rings (SSSR count). The number of nitrogens with one attached hydrogen (secondary N) is 1. The van der Waals surface area contributed by atoms with Crippen LogP contribution in [0.15, 0.2) is 30.5 Å². The molecule has 1 heterocycles. The maximum absolute atomic E-state index is 11.3. The molecular weight excluding hydrogens is 306 g/mol. The normalized spacial score (nSPS) is 20.9. The summed E-state index contributed by atoms with van der Waals surface area (Å²) in [7, 11) is 0. The molecule has 1 aromatic carbocycles. The molecule has 1 amide bonds. The zero-order valence-electron chi connectivity index (χ0n) is 13.6. The van der Waals surface area contributed by atoms with Crippen molar-refractivity contribution in [1.29, 1.82) is 0 Å². The van der Waals surface area contributed by atoms with Gasteiger partial charge in [-0.3, -0.25) is 4.79 Å². The van der Waals surface area contributed by atoms with Crippen LogP contribution in [0.25, 0.3) is 0 Å². The van der Waals surface area contributed by atoms with Gasteiger partial charge in [0.2, 0.25) is 5.91 Å². The molecule has 1 aromatic heterocycles. The van der Waals surface area contributed by atoms with Gasteiger partial charge in [0.1, 0.15) is 5.69 Å². The Kier molecular flexibility index (Phi) is 5.22. The van der Waals surface area contributed by atoms with Crippen LogP contribution in [0.4, 0.5) is 0 Å². The molecule has 0 aliphatic heterocycles. The van der Waals surface area contributed by atoms with E-state index in [1.54, 1.807) is 6.07 Å². The number of amides is 1. The fourth-order valence-corrected chi connectivity index (χ4v) is 3.30. The Hall–Kier alpha value is -2.25. The van der Waals surface area contributed by atoms with Crippen LogP contribution < -0.4 is 11.1 Å². The average molecular weight is 329 g/mol. The zero-order valence-corrected chi connectivity index (χ0v) is 13.6. The fraction of sp³-hybridized carbons (Fsp3) is 0.471. The summed E-state index contributed by atoms with van der Waals surface area (Å²) in [5.41, 5.74) is 7.49. The van der Waals surface area contributed by atoms with Crippen molar-refractivity contribution in [2.75, 3.05) is 0 Å². The Morgan fingerprint density at radius 3 is 2.96 bits per heavy atom. The van der Waals surface area contributed by atoms with Crippen LogP contribution in [0.1, 0.15) is 53.3 Å². The predicted molar refractivity (Wildman–Crippen MR) is 89.0 cm³/mol. The molecule has 0 radical (unpaired) electrons. The lowest BCUT2D eigenvalue weighted by molar-refractivity contribution is 0.1000. The van der Waals surface area contributed by atoms with Gasteiger partial charge in [0.25, 0.3) is 0 Å². The molecule has 1 fully saturated rings. The number of nitrogens with zero attached hydrogens (tertiary/aromatic N) is 3. The van der Waals surface area contributed by atoms with Crippen LogP contribution in [0, 0.1) is 0 Å². The van der Waals surface area contributed by atoms with Crippen molar-refractivity contribution < 1.29 is 9.90 Å². The SMILES string of the molecule is NC(=O)c1cccc(CN[C@H]2CCCC[C@H]2n2cc(CO)nn2)c1. The van der Waals surface area contributed by atoms with Crippen LogP contribution in [0.5, 0.6) is 0 Å². The van der Waals surface area contributed by atoms with E-state index in [2.05, 4.69) is 15.6 Å². The topological polar surface area (TPSA) is 106 Å². The fourth-order valence-electron chi connectivity index (χ4n) is 3.30. The van der Waals surface area contributed by atoms with E-state index in [1.165, 1.54) is 6.42 Å². The third-order valence-corrected chi connectivity index (χ3v) is 4.57. The summed E-state index contributed by atoms with van der Waals surface area (Å²) in [6.07, 6.45) is 6.26. The summed E-state index contributed by atoms with van der Waals surface area (Å²) < 4.78 is 1.86. The van der Waals surface area contributed by atoms with E-state index < -0.39 is 5.91 Å². The first kappa shape index (κ1) is 16.6. The van der Waals surface area contributed by atoms with Crippen molar-refractivity contribution >= 4 is 5.91 Å². The van der Waals surface area contributed by atoms with Crippen molar-refractivity contribution in [3.8, 4) is 0 Å². The van der Waals surface area contributed by atoms with Crippen molar-refractivity contribution in [2.24, 2.45) is 5.73 Å². The van der Waals surface area contributed by atoms with Crippen LogP contribution in [0.2, 0.25) is 0 Å². The Balaban J connectivity index is 1.68. The van der Waals surface area contributed by atoms with Gasteiger partial charge in [0.15, 0.2) is 0 Å². The van der Waals surface area contributed by atoms with E-state index in [-0.39, 0.29) is 18.7 Å².